The minimum absolute atomic E-state index is 0.257. The summed E-state index contributed by atoms with van der Waals surface area (Å²) in [6, 6.07) is 4.17. The van der Waals surface area contributed by atoms with Gasteiger partial charge in [-0.3, -0.25) is 4.98 Å². The van der Waals surface area contributed by atoms with Gasteiger partial charge in [-0.05, 0) is 43.2 Å². The summed E-state index contributed by atoms with van der Waals surface area (Å²) in [5.74, 6) is 0.308. The van der Waals surface area contributed by atoms with E-state index in [0.717, 1.165) is 12.8 Å². The maximum absolute atomic E-state index is 8.89. The molecule has 1 rings (SSSR count). The van der Waals surface area contributed by atoms with Gasteiger partial charge in [-0.15, -0.1) is 0 Å². The molecule has 1 aromatic heterocycles. The summed E-state index contributed by atoms with van der Waals surface area (Å²) in [4.78, 5) is 4.14. The van der Waals surface area contributed by atoms with Gasteiger partial charge in [-0.25, -0.2) is 0 Å². The van der Waals surface area contributed by atoms with Crippen LogP contribution in [-0.2, 0) is 6.42 Å². The van der Waals surface area contributed by atoms with Gasteiger partial charge in [0.15, 0.2) is 0 Å². The summed E-state index contributed by atoms with van der Waals surface area (Å²) in [6.07, 6.45) is 18.3. The number of aryl methyl sites for hydroxylation is 1. The third-order valence-electron chi connectivity index (χ3n) is 3.56. The second kappa shape index (κ2) is 11.7. The van der Waals surface area contributed by atoms with Crippen LogP contribution in [0.25, 0.3) is 0 Å². The molecule has 2 nitrogen and oxygen atoms in total. The van der Waals surface area contributed by atoms with Gasteiger partial charge in [-0.2, -0.15) is 0 Å². The van der Waals surface area contributed by atoms with Crippen LogP contribution < -0.4 is 0 Å². The number of aromatic nitrogens is 1. The summed E-state index contributed by atoms with van der Waals surface area (Å²) in [5.41, 5.74) is 1.36. The molecule has 0 radical (unpaired) electrons. The number of hydrogen-bond acceptors (Lipinski definition) is 2. The summed E-state index contributed by atoms with van der Waals surface area (Å²) in [5, 5.41) is 8.89. The molecule has 2 heteroatoms. The molecule has 0 saturated heterocycles. The highest BCUT2D eigenvalue weighted by Crippen LogP contribution is 2.10. The number of pyridine rings is 1. The molecule has 0 aliphatic rings. The van der Waals surface area contributed by atoms with Crippen molar-refractivity contribution < 1.29 is 5.11 Å². The van der Waals surface area contributed by atoms with Gasteiger partial charge in [-0.1, -0.05) is 50.8 Å². The summed E-state index contributed by atoms with van der Waals surface area (Å²) in [7, 11) is 0. The number of allylic oxidation sites excluding steroid dienone is 1. The first-order valence-corrected chi connectivity index (χ1v) is 7.99. The molecule has 0 bridgehead atoms. The SMILES string of the molecule is C[C@@H](/C=C/CCCCCCCCc1cccnc1)CO. The van der Waals surface area contributed by atoms with Crippen LogP contribution in [0, 0.1) is 5.92 Å². The molecule has 0 saturated carbocycles. The fraction of sp³-hybridized carbons (Fsp3) is 0.611. The van der Waals surface area contributed by atoms with E-state index in [9.17, 15) is 0 Å². The molecule has 20 heavy (non-hydrogen) atoms. The second-order valence-electron chi connectivity index (χ2n) is 5.61. The van der Waals surface area contributed by atoms with E-state index in [1.165, 1.54) is 44.1 Å². The number of aliphatic hydroxyl groups is 1. The van der Waals surface area contributed by atoms with E-state index in [2.05, 4.69) is 23.2 Å². The summed E-state index contributed by atoms with van der Waals surface area (Å²) >= 11 is 0. The van der Waals surface area contributed by atoms with Crippen LogP contribution >= 0.6 is 0 Å². The Morgan fingerprint density at radius 3 is 2.60 bits per heavy atom. The van der Waals surface area contributed by atoms with E-state index in [1.807, 2.05) is 25.4 Å². The Balaban J connectivity index is 1.87. The van der Waals surface area contributed by atoms with Crippen molar-refractivity contribution in [2.45, 2.75) is 58.3 Å². The fourth-order valence-electron chi connectivity index (χ4n) is 2.23. The van der Waals surface area contributed by atoms with Crippen molar-refractivity contribution in [1.82, 2.24) is 4.98 Å². The standard InChI is InChI=1S/C18H29NO/c1-17(16-20)11-8-6-4-2-3-5-7-9-12-18-13-10-14-19-15-18/h8,10-11,13-15,17,20H,2-7,9,12,16H2,1H3/b11-8+/t17-/m0/s1. The molecular weight excluding hydrogens is 246 g/mol. The van der Waals surface area contributed by atoms with Crippen molar-refractivity contribution in [1.29, 1.82) is 0 Å². The molecule has 0 aliphatic carbocycles. The monoisotopic (exact) mass is 275 g/mol. The van der Waals surface area contributed by atoms with Crippen LogP contribution in [0.4, 0.5) is 0 Å². The Bertz CT molecular complexity index is 348. The first-order chi connectivity index (χ1) is 9.83. The van der Waals surface area contributed by atoms with Gasteiger partial charge >= 0.3 is 0 Å². The van der Waals surface area contributed by atoms with Crippen LogP contribution in [0.1, 0.15) is 57.4 Å². The smallest absolute Gasteiger partial charge is 0.0491 e. The van der Waals surface area contributed by atoms with Gasteiger partial charge < -0.3 is 5.11 Å². The molecule has 0 fully saturated rings. The van der Waals surface area contributed by atoms with Crippen molar-refractivity contribution in [2.24, 2.45) is 5.92 Å². The lowest BCUT2D eigenvalue weighted by Gasteiger charge is -2.02. The van der Waals surface area contributed by atoms with E-state index < -0.39 is 0 Å². The molecule has 0 aromatic carbocycles. The van der Waals surface area contributed by atoms with Crippen LogP contribution in [0.2, 0.25) is 0 Å². The zero-order chi connectivity index (χ0) is 14.5. The van der Waals surface area contributed by atoms with Crippen molar-refractivity contribution in [3.05, 3.63) is 42.2 Å². The molecule has 0 unspecified atom stereocenters. The number of unbranched alkanes of at least 4 members (excludes halogenated alkanes) is 6. The third kappa shape index (κ3) is 8.87. The zero-order valence-electron chi connectivity index (χ0n) is 12.8. The predicted octanol–water partition coefficient (Wildman–Crippen LogP) is 4.54. The Labute approximate surface area is 123 Å². The van der Waals surface area contributed by atoms with E-state index >= 15 is 0 Å². The molecular formula is C18H29NO. The molecule has 0 spiro atoms. The molecule has 1 heterocycles. The van der Waals surface area contributed by atoms with Crippen LogP contribution in [0.15, 0.2) is 36.7 Å². The van der Waals surface area contributed by atoms with E-state index in [4.69, 9.17) is 5.11 Å². The van der Waals surface area contributed by atoms with Crippen LogP contribution in [0.5, 0.6) is 0 Å². The molecule has 0 aliphatic heterocycles. The topological polar surface area (TPSA) is 33.1 Å². The van der Waals surface area contributed by atoms with Gasteiger partial charge in [0.25, 0.3) is 0 Å². The normalized spacial score (nSPS) is 12.9. The average molecular weight is 275 g/mol. The maximum atomic E-state index is 8.89. The molecule has 0 amide bonds. The molecule has 1 atom stereocenters. The highest BCUT2D eigenvalue weighted by atomic mass is 16.3. The maximum Gasteiger partial charge on any atom is 0.0491 e. The quantitative estimate of drug-likeness (QED) is 0.475. The number of hydrogen-bond donors (Lipinski definition) is 1. The van der Waals surface area contributed by atoms with Crippen molar-refractivity contribution in [2.75, 3.05) is 6.61 Å². The highest BCUT2D eigenvalue weighted by Gasteiger charge is 1.94. The zero-order valence-corrected chi connectivity index (χ0v) is 12.8. The number of nitrogens with zero attached hydrogens (tertiary/aromatic N) is 1. The lowest BCUT2D eigenvalue weighted by atomic mass is 10.1. The first kappa shape index (κ1) is 16.9. The lowest BCUT2D eigenvalue weighted by Crippen LogP contribution is -1.94. The number of aliphatic hydroxyl groups excluding tert-OH is 1. The average Bonchev–Trinajstić information content (AvgIpc) is 2.50. The molecule has 112 valence electrons. The fourth-order valence-corrected chi connectivity index (χ4v) is 2.23. The van der Waals surface area contributed by atoms with Gasteiger partial charge in [0.2, 0.25) is 0 Å². The lowest BCUT2D eigenvalue weighted by molar-refractivity contribution is 0.262. The van der Waals surface area contributed by atoms with Crippen molar-refractivity contribution in [3.8, 4) is 0 Å². The van der Waals surface area contributed by atoms with Crippen LogP contribution in [-0.4, -0.2) is 16.7 Å². The Hall–Kier alpha value is -1.15. The van der Waals surface area contributed by atoms with Crippen molar-refractivity contribution in [3.63, 3.8) is 0 Å². The minimum atomic E-state index is 0.257. The van der Waals surface area contributed by atoms with E-state index in [0.29, 0.717) is 5.92 Å². The molecule has 1 aromatic rings. The van der Waals surface area contributed by atoms with Gasteiger partial charge in [0.05, 0.1) is 0 Å². The largest absolute Gasteiger partial charge is 0.396 e. The summed E-state index contributed by atoms with van der Waals surface area (Å²) < 4.78 is 0. The Kier molecular flexibility index (Phi) is 9.85. The number of rotatable bonds is 11. The van der Waals surface area contributed by atoms with Gasteiger partial charge in [0.1, 0.15) is 0 Å². The van der Waals surface area contributed by atoms with Crippen molar-refractivity contribution >= 4 is 0 Å². The predicted molar refractivity (Wildman–Crippen MR) is 85.6 cm³/mol. The Morgan fingerprint density at radius 2 is 1.90 bits per heavy atom. The Morgan fingerprint density at radius 1 is 1.15 bits per heavy atom. The molecule has 1 N–H and O–H groups in total. The van der Waals surface area contributed by atoms with E-state index in [1.54, 1.807) is 0 Å². The van der Waals surface area contributed by atoms with Crippen LogP contribution in [0.3, 0.4) is 0 Å². The second-order valence-corrected chi connectivity index (χ2v) is 5.61. The van der Waals surface area contributed by atoms with Gasteiger partial charge in [0, 0.05) is 19.0 Å². The first-order valence-electron chi connectivity index (χ1n) is 7.99. The minimum Gasteiger partial charge on any atom is -0.396 e. The third-order valence-corrected chi connectivity index (χ3v) is 3.56. The van der Waals surface area contributed by atoms with E-state index in [-0.39, 0.29) is 6.61 Å². The highest BCUT2D eigenvalue weighted by molar-refractivity contribution is 5.08. The summed E-state index contributed by atoms with van der Waals surface area (Å²) in [6.45, 7) is 2.30.